The highest BCUT2D eigenvalue weighted by molar-refractivity contribution is 5.96. The first kappa shape index (κ1) is 14.7. The number of nitrogens with zero attached hydrogens (tertiary/aromatic N) is 4. The van der Waals surface area contributed by atoms with Gasteiger partial charge in [0.15, 0.2) is 5.82 Å². The number of nitrogens with one attached hydrogen (secondary N) is 2. The van der Waals surface area contributed by atoms with Crippen LogP contribution in [0.15, 0.2) is 6.07 Å². The summed E-state index contributed by atoms with van der Waals surface area (Å²) in [6.07, 6.45) is 4.13. The molecule has 0 unspecified atom stereocenters. The lowest BCUT2D eigenvalue weighted by atomic mass is 10.1. The zero-order valence-electron chi connectivity index (χ0n) is 13.3. The predicted molar refractivity (Wildman–Crippen MR) is 81.5 cm³/mol. The number of aryl methyl sites for hydroxylation is 1. The molecule has 3 rings (SSSR count). The van der Waals surface area contributed by atoms with Crippen molar-refractivity contribution in [3.05, 3.63) is 28.8 Å². The molecule has 1 fully saturated rings. The molecule has 2 aromatic rings. The molecular weight excluding hydrogens is 280 g/mol. The summed E-state index contributed by atoms with van der Waals surface area (Å²) in [6, 6.07) is 2.34. The first-order valence-electron chi connectivity index (χ1n) is 7.84. The van der Waals surface area contributed by atoms with Crippen LogP contribution < -0.4 is 5.32 Å². The van der Waals surface area contributed by atoms with Gasteiger partial charge in [-0.1, -0.05) is 18.6 Å². The van der Waals surface area contributed by atoms with E-state index < -0.39 is 0 Å². The fourth-order valence-electron chi connectivity index (χ4n) is 3.01. The number of aromatic amines is 1. The summed E-state index contributed by atoms with van der Waals surface area (Å²) in [4.78, 5) is 12.6. The molecule has 1 amide bonds. The summed E-state index contributed by atoms with van der Waals surface area (Å²) >= 11 is 0. The summed E-state index contributed by atoms with van der Waals surface area (Å²) in [7, 11) is 0. The number of carbonyl (C=O) groups is 1. The maximum atomic E-state index is 12.6. The van der Waals surface area contributed by atoms with E-state index >= 15 is 0 Å². The minimum absolute atomic E-state index is 0.0664. The molecule has 7 nitrogen and oxygen atoms in total. The van der Waals surface area contributed by atoms with Crippen LogP contribution in [0.4, 0.5) is 0 Å². The molecule has 1 saturated carbocycles. The molecule has 2 N–H and O–H groups in total. The largest absolute Gasteiger partial charge is 0.345 e. The Labute approximate surface area is 129 Å². The van der Waals surface area contributed by atoms with Gasteiger partial charge >= 0.3 is 0 Å². The fourth-order valence-corrected chi connectivity index (χ4v) is 3.01. The van der Waals surface area contributed by atoms with E-state index in [0.29, 0.717) is 11.9 Å². The molecule has 1 aliphatic carbocycles. The minimum Gasteiger partial charge on any atom is -0.345 e. The molecule has 2 heterocycles. The quantitative estimate of drug-likeness (QED) is 0.856. The van der Waals surface area contributed by atoms with Crippen molar-refractivity contribution in [2.24, 2.45) is 0 Å². The van der Waals surface area contributed by atoms with Crippen LogP contribution in [-0.2, 0) is 0 Å². The van der Waals surface area contributed by atoms with Crippen molar-refractivity contribution in [2.75, 3.05) is 0 Å². The van der Waals surface area contributed by atoms with E-state index in [-0.39, 0.29) is 11.9 Å². The van der Waals surface area contributed by atoms with Crippen LogP contribution in [0.1, 0.15) is 72.3 Å². The topological polar surface area (TPSA) is 88.5 Å². The van der Waals surface area contributed by atoms with Gasteiger partial charge in [0.05, 0.1) is 11.6 Å². The molecule has 1 aliphatic rings. The lowest BCUT2D eigenvalue weighted by Crippen LogP contribution is -2.29. The summed E-state index contributed by atoms with van der Waals surface area (Å²) in [5.74, 6) is 0.467. The third-order valence-electron chi connectivity index (χ3n) is 4.20. The Morgan fingerprint density at radius 3 is 2.86 bits per heavy atom. The minimum atomic E-state index is -0.208. The van der Waals surface area contributed by atoms with Gasteiger partial charge in [0, 0.05) is 17.4 Å². The van der Waals surface area contributed by atoms with Gasteiger partial charge in [-0.15, -0.1) is 10.2 Å². The SMILES string of the molecule is CCC[C@@H](NC(=O)c1cc(C)n(C2CC2)c1C)c1nn[nH]n1. The second kappa shape index (κ2) is 5.90. The van der Waals surface area contributed by atoms with E-state index in [9.17, 15) is 4.79 Å². The molecule has 0 aliphatic heterocycles. The van der Waals surface area contributed by atoms with Crippen LogP contribution >= 0.6 is 0 Å². The second-order valence-corrected chi connectivity index (χ2v) is 5.97. The maximum absolute atomic E-state index is 12.6. The van der Waals surface area contributed by atoms with Gasteiger partial charge in [0.25, 0.3) is 5.91 Å². The Bertz CT molecular complexity index is 656. The molecule has 118 valence electrons. The Balaban J connectivity index is 1.80. The van der Waals surface area contributed by atoms with Gasteiger partial charge in [-0.25, -0.2) is 0 Å². The maximum Gasteiger partial charge on any atom is 0.253 e. The number of H-pyrrole nitrogens is 1. The van der Waals surface area contributed by atoms with Crippen LogP contribution in [0, 0.1) is 13.8 Å². The monoisotopic (exact) mass is 302 g/mol. The molecular formula is C15H22N6O. The number of amides is 1. The van der Waals surface area contributed by atoms with Crippen molar-refractivity contribution >= 4 is 5.91 Å². The lowest BCUT2D eigenvalue weighted by Gasteiger charge is -2.14. The van der Waals surface area contributed by atoms with Gasteiger partial charge < -0.3 is 9.88 Å². The normalized spacial score (nSPS) is 15.8. The highest BCUT2D eigenvalue weighted by atomic mass is 16.1. The first-order valence-corrected chi connectivity index (χ1v) is 7.84. The van der Waals surface area contributed by atoms with Crippen molar-refractivity contribution in [3.8, 4) is 0 Å². The van der Waals surface area contributed by atoms with E-state index in [2.05, 4.69) is 44.4 Å². The van der Waals surface area contributed by atoms with Crippen molar-refractivity contribution in [3.63, 3.8) is 0 Å². The summed E-state index contributed by atoms with van der Waals surface area (Å²) in [5, 5.41) is 17.1. The van der Waals surface area contributed by atoms with Gasteiger partial charge in [-0.05, 0) is 39.2 Å². The number of aromatic nitrogens is 5. The molecule has 7 heteroatoms. The van der Waals surface area contributed by atoms with Gasteiger partial charge in [0.1, 0.15) is 0 Å². The van der Waals surface area contributed by atoms with E-state index in [1.807, 2.05) is 13.0 Å². The van der Waals surface area contributed by atoms with Crippen molar-refractivity contribution in [1.82, 2.24) is 30.5 Å². The first-order chi connectivity index (χ1) is 10.6. The van der Waals surface area contributed by atoms with E-state index in [1.165, 1.54) is 12.8 Å². The zero-order valence-corrected chi connectivity index (χ0v) is 13.3. The predicted octanol–water partition coefficient (Wildman–Crippen LogP) is 2.22. The third kappa shape index (κ3) is 2.75. The van der Waals surface area contributed by atoms with Gasteiger partial charge in [0.2, 0.25) is 0 Å². The van der Waals surface area contributed by atoms with Crippen LogP contribution in [0.3, 0.4) is 0 Å². The van der Waals surface area contributed by atoms with Crippen LogP contribution in [0.5, 0.6) is 0 Å². The number of tetrazole rings is 1. The van der Waals surface area contributed by atoms with Crippen LogP contribution in [0.25, 0.3) is 0 Å². The van der Waals surface area contributed by atoms with Crippen LogP contribution in [0.2, 0.25) is 0 Å². The molecule has 0 aromatic carbocycles. The molecule has 1 atom stereocenters. The van der Waals surface area contributed by atoms with Crippen LogP contribution in [-0.4, -0.2) is 31.1 Å². The number of carbonyl (C=O) groups excluding carboxylic acids is 1. The zero-order chi connectivity index (χ0) is 15.7. The van der Waals surface area contributed by atoms with Gasteiger partial charge in [-0.3, -0.25) is 4.79 Å². The van der Waals surface area contributed by atoms with Crippen molar-refractivity contribution in [2.45, 2.75) is 58.5 Å². The Morgan fingerprint density at radius 2 is 2.27 bits per heavy atom. The molecule has 22 heavy (non-hydrogen) atoms. The summed E-state index contributed by atoms with van der Waals surface area (Å²) in [5.41, 5.74) is 2.94. The number of hydrogen-bond acceptors (Lipinski definition) is 4. The highest BCUT2D eigenvalue weighted by Crippen LogP contribution is 2.38. The Kier molecular flexibility index (Phi) is 3.96. The molecule has 0 radical (unpaired) electrons. The molecule has 2 aromatic heterocycles. The summed E-state index contributed by atoms with van der Waals surface area (Å²) < 4.78 is 2.28. The molecule has 0 spiro atoms. The molecule has 0 bridgehead atoms. The standard InChI is InChI=1S/C15H22N6O/c1-4-5-13(14-17-19-20-18-14)16-15(22)12-8-9(2)21(10(12)3)11-6-7-11/h8,11,13H,4-7H2,1-3H3,(H,16,22)(H,17,18,19,20)/t13-/m1/s1. The second-order valence-electron chi connectivity index (χ2n) is 5.97. The van der Waals surface area contributed by atoms with Crippen molar-refractivity contribution in [1.29, 1.82) is 0 Å². The van der Waals surface area contributed by atoms with Crippen molar-refractivity contribution < 1.29 is 4.79 Å². The van der Waals surface area contributed by atoms with E-state index in [4.69, 9.17) is 0 Å². The number of hydrogen-bond donors (Lipinski definition) is 2. The fraction of sp³-hybridized carbons (Fsp3) is 0.600. The number of rotatable bonds is 6. The molecule has 0 saturated heterocycles. The smallest absolute Gasteiger partial charge is 0.253 e. The van der Waals surface area contributed by atoms with E-state index in [0.717, 1.165) is 29.8 Å². The highest BCUT2D eigenvalue weighted by Gasteiger charge is 2.29. The summed E-state index contributed by atoms with van der Waals surface area (Å²) in [6.45, 7) is 6.15. The van der Waals surface area contributed by atoms with E-state index in [1.54, 1.807) is 0 Å². The third-order valence-corrected chi connectivity index (χ3v) is 4.20. The Morgan fingerprint density at radius 1 is 1.50 bits per heavy atom. The Hall–Kier alpha value is -2.18. The average molecular weight is 302 g/mol. The van der Waals surface area contributed by atoms with Gasteiger partial charge in [-0.2, -0.15) is 5.21 Å². The average Bonchev–Trinajstić information content (AvgIpc) is 3.07. The lowest BCUT2D eigenvalue weighted by molar-refractivity contribution is 0.0932.